The number of nitrogens with two attached hydrogens (primary N) is 1. The van der Waals surface area contributed by atoms with Gasteiger partial charge in [0, 0.05) is 90.4 Å². The Kier molecular flexibility index (Phi) is 11.3. The zero-order valence-corrected chi connectivity index (χ0v) is 35.6. The van der Waals surface area contributed by atoms with Gasteiger partial charge in [0.15, 0.2) is 11.6 Å². The first-order valence-corrected chi connectivity index (χ1v) is 22.0. The molecule has 13 nitrogen and oxygen atoms in total. The standard InChI is InChI=1S/C45H49Cl2FN8O5/c1-26(39-34(46)4-5-35(48)40(39)47)61-37-21-28(22-50-41(37)49)30-23-51-56(25-30)32-10-16-53(17-11-32)31-8-12-45(13-9-31)14-18-54(19-15-45)43(59)27-2-3-33-29(20-27)24-55(44(33)60)36-6-7-38(57)52-42(36)58/h2-5,20-23,25-26,31-32,36H,6-19,24H2,1H3,(H2,49,50)(H,52,57,58)/t26-,36?/m1/s1. The summed E-state index contributed by atoms with van der Waals surface area (Å²) in [5.74, 6) is -1.05. The fourth-order valence-corrected chi connectivity index (χ4v) is 10.9. The Morgan fingerprint density at radius 1 is 0.934 bits per heavy atom. The van der Waals surface area contributed by atoms with E-state index in [-0.39, 0.29) is 53.0 Å². The van der Waals surface area contributed by atoms with Gasteiger partial charge >= 0.3 is 0 Å². The maximum atomic E-state index is 14.2. The highest BCUT2D eigenvalue weighted by molar-refractivity contribution is 6.36. The molecule has 320 valence electrons. The lowest BCUT2D eigenvalue weighted by molar-refractivity contribution is -0.136. The molecule has 16 heteroatoms. The molecule has 4 amide bonds. The molecule has 4 fully saturated rings. The summed E-state index contributed by atoms with van der Waals surface area (Å²) in [7, 11) is 0. The molecule has 0 bridgehead atoms. The van der Waals surface area contributed by atoms with Crippen molar-refractivity contribution in [3.63, 3.8) is 0 Å². The van der Waals surface area contributed by atoms with Crippen LogP contribution in [0.5, 0.6) is 5.75 Å². The molecule has 3 saturated heterocycles. The quantitative estimate of drug-likeness (QED) is 0.136. The number of nitrogens with zero attached hydrogens (tertiary/aromatic N) is 6. The Balaban J connectivity index is 0.745. The molecule has 61 heavy (non-hydrogen) atoms. The van der Waals surface area contributed by atoms with Gasteiger partial charge in [-0.3, -0.25) is 29.2 Å². The molecule has 9 rings (SSSR count). The zero-order valence-electron chi connectivity index (χ0n) is 34.0. The molecule has 2 aromatic carbocycles. The van der Waals surface area contributed by atoms with Crippen molar-refractivity contribution < 1.29 is 28.3 Å². The number of ether oxygens (including phenoxy) is 1. The fourth-order valence-electron chi connectivity index (χ4n) is 10.2. The lowest BCUT2D eigenvalue weighted by Crippen LogP contribution is -2.52. The highest BCUT2D eigenvalue weighted by Crippen LogP contribution is 2.46. The average Bonchev–Trinajstić information content (AvgIpc) is 3.88. The number of fused-ring (bicyclic) bond motifs is 1. The third kappa shape index (κ3) is 8.10. The maximum absolute atomic E-state index is 14.2. The van der Waals surface area contributed by atoms with E-state index >= 15 is 0 Å². The number of hydrogen-bond donors (Lipinski definition) is 2. The van der Waals surface area contributed by atoms with Crippen LogP contribution in [0.15, 0.2) is 55.0 Å². The minimum absolute atomic E-state index is 0.0157. The summed E-state index contributed by atoms with van der Waals surface area (Å²) >= 11 is 12.6. The van der Waals surface area contributed by atoms with Crippen LogP contribution in [0.4, 0.5) is 10.2 Å². The number of anilines is 1. The molecule has 1 spiro atoms. The van der Waals surface area contributed by atoms with Crippen LogP contribution in [0.3, 0.4) is 0 Å². The van der Waals surface area contributed by atoms with E-state index in [9.17, 15) is 23.6 Å². The smallest absolute Gasteiger partial charge is 0.255 e. The number of nitrogen functional groups attached to an aromatic ring is 1. The van der Waals surface area contributed by atoms with E-state index in [0.717, 1.165) is 81.4 Å². The van der Waals surface area contributed by atoms with Crippen molar-refractivity contribution in [2.24, 2.45) is 5.41 Å². The number of imide groups is 1. The van der Waals surface area contributed by atoms with E-state index in [1.165, 1.54) is 29.9 Å². The van der Waals surface area contributed by atoms with Crippen LogP contribution < -0.4 is 15.8 Å². The average molecular weight is 872 g/mol. The zero-order chi connectivity index (χ0) is 42.6. The molecule has 2 aromatic heterocycles. The van der Waals surface area contributed by atoms with Gasteiger partial charge in [-0.25, -0.2) is 9.37 Å². The molecule has 4 aliphatic heterocycles. The summed E-state index contributed by atoms with van der Waals surface area (Å²) in [6.45, 7) is 5.46. The minimum Gasteiger partial charge on any atom is -0.482 e. The van der Waals surface area contributed by atoms with Crippen molar-refractivity contribution in [1.82, 2.24) is 34.8 Å². The second-order valence-corrected chi connectivity index (χ2v) is 18.2. The topological polar surface area (TPSA) is 156 Å². The number of carbonyl (C=O) groups excluding carboxylic acids is 4. The van der Waals surface area contributed by atoms with Crippen LogP contribution in [0.2, 0.25) is 10.0 Å². The van der Waals surface area contributed by atoms with Crippen LogP contribution in [-0.2, 0) is 16.1 Å². The number of aromatic nitrogens is 3. The summed E-state index contributed by atoms with van der Waals surface area (Å²) in [4.78, 5) is 61.4. The van der Waals surface area contributed by atoms with Crippen molar-refractivity contribution in [3.05, 3.63) is 93.1 Å². The molecule has 4 aromatic rings. The van der Waals surface area contributed by atoms with Gasteiger partial charge in [0.1, 0.15) is 18.0 Å². The monoisotopic (exact) mass is 870 g/mol. The summed E-state index contributed by atoms with van der Waals surface area (Å²) in [6.07, 6.45) is 14.1. The van der Waals surface area contributed by atoms with Crippen LogP contribution in [0.25, 0.3) is 11.1 Å². The SMILES string of the molecule is C[C@@H](Oc1cc(-c2cnn(C3CCN(C4CCC5(CC4)CCN(C(=O)c4ccc6c(c4)CN(C4CCC(=O)NC4=O)C6=O)CC5)CC3)c2)cnc1N)c1c(Cl)ccc(F)c1Cl. The Morgan fingerprint density at radius 2 is 1.69 bits per heavy atom. The van der Waals surface area contributed by atoms with Crippen molar-refractivity contribution in [1.29, 1.82) is 0 Å². The van der Waals surface area contributed by atoms with Gasteiger partial charge in [0.2, 0.25) is 11.8 Å². The molecular weight excluding hydrogens is 822 g/mol. The van der Waals surface area contributed by atoms with Gasteiger partial charge in [0.25, 0.3) is 11.8 Å². The van der Waals surface area contributed by atoms with Crippen molar-refractivity contribution in [2.75, 3.05) is 31.9 Å². The van der Waals surface area contributed by atoms with Gasteiger partial charge in [0.05, 0.1) is 17.3 Å². The van der Waals surface area contributed by atoms with Gasteiger partial charge in [-0.15, -0.1) is 0 Å². The summed E-state index contributed by atoms with van der Waals surface area (Å²) in [6, 6.07) is 9.88. The number of nitrogens with one attached hydrogen (secondary N) is 1. The van der Waals surface area contributed by atoms with Crippen LogP contribution in [0.1, 0.15) is 115 Å². The highest BCUT2D eigenvalue weighted by atomic mass is 35.5. The van der Waals surface area contributed by atoms with E-state index < -0.39 is 23.9 Å². The third-order valence-corrected chi connectivity index (χ3v) is 14.6. The van der Waals surface area contributed by atoms with Crippen LogP contribution in [-0.4, -0.2) is 91.4 Å². The normalized spacial score (nSPS) is 21.8. The van der Waals surface area contributed by atoms with Crippen molar-refractivity contribution in [3.8, 4) is 16.9 Å². The maximum Gasteiger partial charge on any atom is 0.255 e. The van der Waals surface area contributed by atoms with Gasteiger partial charge in [-0.1, -0.05) is 23.2 Å². The predicted molar refractivity (Wildman–Crippen MR) is 227 cm³/mol. The number of benzene rings is 2. The second-order valence-electron chi connectivity index (χ2n) is 17.4. The summed E-state index contributed by atoms with van der Waals surface area (Å²) in [5, 5.41) is 7.29. The number of rotatable bonds is 8. The van der Waals surface area contributed by atoms with Gasteiger partial charge < -0.3 is 25.2 Å². The number of piperidine rings is 3. The second kappa shape index (κ2) is 16.7. The molecule has 0 radical (unpaired) electrons. The molecular formula is C45H49Cl2FN8O5. The van der Waals surface area contributed by atoms with Gasteiger partial charge in [-0.05, 0) is 112 Å². The number of pyridine rings is 1. The number of amides is 4. The number of likely N-dealkylation sites (tertiary alicyclic amines) is 2. The van der Waals surface area contributed by atoms with Crippen molar-refractivity contribution in [2.45, 2.75) is 102 Å². The molecule has 1 saturated carbocycles. The molecule has 6 heterocycles. The van der Waals surface area contributed by atoms with Crippen LogP contribution in [0, 0.1) is 11.2 Å². The number of halogens is 3. The minimum atomic E-state index is -0.681. The van der Waals surface area contributed by atoms with E-state index in [1.807, 2.05) is 23.4 Å². The van der Waals surface area contributed by atoms with E-state index in [0.29, 0.717) is 39.9 Å². The Hall–Kier alpha value is -5.05. The Morgan fingerprint density at radius 3 is 2.43 bits per heavy atom. The van der Waals surface area contributed by atoms with Crippen LogP contribution >= 0.6 is 23.2 Å². The van der Waals surface area contributed by atoms with Crippen molar-refractivity contribution >= 4 is 52.6 Å². The Labute approximate surface area is 363 Å². The number of carbonyl (C=O) groups is 4. The molecule has 3 N–H and O–H groups in total. The molecule has 5 aliphatic rings. The Bertz CT molecular complexity index is 2380. The van der Waals surface area contributed by atoms with E-state index in [1.54, 1.807) is 31.3 Å². The van der Waals surface area contributed by atoms with E-state index in [4.69, 9.17) is 38.8 Å². The van der Waals surface area contributed by atoms with E-state index in [2.05, 4.69) is 19.9 Å². The summed E-state index contributed by atoms with van der Waals surface area (Å²) in [5.41, 5.74) is 10.3. The third-order valence-electron chi connectivity index (χ3n) is 13.9. The molecule has 1 aliphatic carbocycles. The predicted octanol–water partition coefficient (Wildman–Crippen LogP) is 7.38. The highest BCUT2D eigenvalue weighted by Gasteiger charge is 2.42. The lowest BCUT2D eigenvalue weighted by Gasteiger charge is -2.48. The summed E-state index contributed by atoms with van der Waals surface area (Å²) < 4.78 is 22.4. The largest absolute Gasteiger partial charge is 0.482 e. The first kappa shape index (κ1) is 41.3. The number of hydrogen-bond acceptors (Lipinski definition) is 9. The lowest BCUT2D eigenvalue weighted by atomic mass is 9.66. The molecule has 2 atom stereocenters. The van der Waals surface area contributed by atoms with Gasteiger partial charge in [-0.2, -0.15) is 5.10 Å². The molecule has 1 unspecified atom stereocenters. The first-order chi connectivity index (χ1) is 29.4. The first-order valence-electron chi connectivity index (χ1n) is 21.3. The fraction of sp³-hybridized carbons (Fsp3) is 0.467.